The van der Waals surface area contributed by atoms with Gasteiger partial charge in [0.05, 0.1) is 5.69 Å². The second-order valence-corrected chi connectivity index (χ2v) is 8.54. The van der Waals surface area contributed by atoms with Crippen LogP contribution in [0, 0.1) is 0 Å². The highest BCUT2D eigenvalue weighted by molar-refractivity contribution is 5.78. The third-order valence-electron chi connectivity index (χ3n) is 6.05. The summed E-state index contributed by atoms with van der Waals surface area (Å²) in [5, 5.41) is 12.8. The quantitative estimate of drug-likeness (QED) is 0.267. The van der Waals surface area contributed by atoms with Crippen LogP contribution < -0.4 is 5.32 Å². The van der Waals surface area contributed by atoms with E-state index in [0.29, 0.717) is 12.2 Å². The topological polar surface area (TPSA) is 75.1 Å². The van der Waals surface area contributed by atoms with Crippen LogP contribution in [-0.4, -0.2) is 27.1 Å². The molecule has 1 heterocycles. The number of benzene rings is 4. The lowest BCUT2D eigenvalue weighted by Gasteiger charge is -2.15. The molecule has 0 saturated heterocycles. The molecule has 2 N–H and O–H groups in total. The highest BCUT2D eigenvalue weighted by Crippen LogP contribution is 2.28. The predicted molar refractivity (Wildman–Crippen MR) is 144 cm³/mol. The molecule has 0 bridgehead atoms. The maximum Gasteiger partial charge on any atom is 0.326 e. The molecule has 0 spiro atoms. The first-order valence-electron chi connectivity index (χ1n) is 11.8. The van der Waals surface area contributed by atoms with E-state index in [-0.39, 0.29) is 0 Å². The van der Waals surface area contributed by atoms with E-state index in [1.54, 1.807) is 6.07 Å². The molecule has 4 aromatic carbocycles. The summed E-state index contributed by atoms with van der Waals surface area (Å²) < 4.78 is 0. The maximum atomic E-state index is 11.8. The number of carboxylic acids is 1. The summed E-state index contributed by atoms with van der Waals surface area (Å²) in [6, 6.07) is 37.5. The largest absolute Gasteiger partial charge is 0.480 e. The average Bonchev–Trinajstić information content (AvgIpc) is 2.94. The lowest BCUT2D eigenvalue weighted by atomic mass is 9.98. The third kappa shape index (κ3) is 5.47. The molecule has 0 radical (unpaired) electrons. The SMILES string of the molecule is O=C(O)C(Cc1ccccc1)Nc1cc(-c2ccc(-c3cccc(-c4ccccc4)c3)cc2)ncn1. The summed E-state index contributed by atoms with van der Waals surface area (Å²) >= 11 is 0. The summed E-state index contributed by atoms with van der Waals surface area (Å²) in [5.74, 6) is -0.455. The van der Waals surface area contributed by atoms with Gasteiger partial charge >= 0.3 is 5.97 Å². The first kappa shape index (κ1) is 23.0. The van der Waals surface area contributed by atoms with Crippen molar-refractivity contribution in [3.05, 3.63) is 127 Å². The predicted octanol–water partition coefficient (Wildman–Crippen LogP) is 6.59. The van der Waals surface area contributed by atoms with Gasteiger partial charge in [0.15, 0.2) is 0 Å². The van der Waals surface area contributed by atoms with E-state index in [1.165, 1.54) is 17.5 Å². The molecule has 0 aliphatic heterocycles. The molecule has 0 saturated carbocycles. The van der Waals surface area contributed by atoms with Crippen molar-refractivity contribution in [1.82, 2.24) is 9.97 Å². The molecular formula is C31H25N3O2. The van der Waals surface area contributed by atoms with Crippen LogP contribution in [0.2, 0.25) is 0 Å². The number of rotatable bonds is 8. The fourth-order valence-corrected chi connectivity index (χ4v) is 4.16. The number of anilines is 1. The lowest BCUT2D eigenvalue weighted by molar-refractivity contribution is -0.137. The van der Waals surface area contributed by atoms with Gasteiger partial charge in [-0.05, 0) is 33.9 Å². The highest BCUT2D eigenvalue weighted by atomic mass is 16.4. The van der Waals surface area contributed by atoms with E-state index in [1.807, 2.05) is 60.7 Å². The van der Waals surface area contributed by atoms with Gasteiger partial charge in [-0.25, -0.2) is 14.8 Å². The van der Waals surface area contributed by atoms with Gasteiger partial charge in [0.1, 0.15) is 18.2 Å². The summed E-state index contributed by atoms with van der Waals surface area (Å²) in [6.07, 6.45) is 1.81. The Morgan fingerprint density at radius 1 is 0.667 bits per heavy atom. The first-order chi connectivity index (χ1) is 17.7. The minimum atomic E-state index is -0.930. The Bertz CT molecular complexity index is 1450. The zero-order valence-electron chi connectivity index (χ0n) is 19.6. The molecule has 1 unspecified atom stereocenters. The normalized spacial score (nSPS) is 11.6. The summed E-state index contributed by atoms with van der Waals surface area (Å²) in [5.41, 5.74) is 7.20. The van der Waals surface area contributed by atoms with Crippen LogP contribution >= 0.6 is 0 Å². The number of hydrogen-bond acceptors (Lipinski definition) is 4. The van der Waals surface area contributed by atoms with Crippen molar-refractivity contribution in [2.45, 2.75) is 12.5 Å². The molecule has 0 aliphatic rings. The van der Waals surface area contributed by atoms with E-state index >= 15 is 0 Å². The Kier molecular flexibility index (Phi) is 6.81. The standard InChI is InChI=1S/C31H25N3O2/c35-31(36)29(18-22-8-3-1-4-9-22)34-30-20-28(32-21-33-30)25-16-14-24(15-17-25)27-13-7-12-26(19-27)23-10-5-2-6-11-23/h1-17,19-21,29H,18H2,(H,35,36)(H,32,33,34). The Hall–Kier alpha value is -4.77. The molecule has 5 heteroatoms. The lowest BCUT2D eigenvalue weighted by Crippen LogP contribution is -2.31. The van der Waals surface area contributed by atoms with Crippen LogP contribution in [0.5, 0.6) is 0 Å². The van der Waals surface area contributed by atoms with Gasteiger partial charge in [-0.3, -0.25) is 0 Å². The molecule has 176 valence electrons. The number of carboxylic acid groups (broad SMARTS) is 1. The number of nitrogens with one attached hydrogen (secondary N) is 1. The minimum absolute atomic E-state index is 0.353. The minimum Gasteiger partial charge on any atom is -0.480 e. The van der Waals surface area contributed by atoms with Gasteiger partial charge in [0, 0.05) is 18.1 Å². The number of hydrogen-bond donors (Lipinski definition) is 2. The maximum absolute atomic E-state index is 11.8. The fraction of sp³-hybridized carbons (Fsp3) is 0.0645. The van der Waals surface area contributed by atoms with Gasteiger partial charge in [-0.1, -0.05) is 103 Å². The number of nitrogens with zero attached hydrogens (tertiary/aromatic N) is 2. The van der Waals surface area contributed by atoms with Crippen molar-refractivity contribution >= 4 is 11.8 Å². The van der Waals surface area contributed by atoms with Crippen molar-refractivity contribution in [2.75, 3.05) is 5.32 Å². The van der Waals surface area contributed by atoms with E-state index in [4.69, 9.17) is 0 Å². The van der Waals surface area contributed by atoms with Crippen molar-refractivity contribution in [3.8, 4) is 33.5 Å². The van der Waals surface area contributed by atoms with Crippen LogP contribution in [0.25, 0.3) is 33.5 Å². The molecule has 5 nitrogen and oxygen atoms in total. The van der Waals surface area contributed by atoms with E-state index in [2.05, 4.69) is 63.8 Å². The molecule has 1 atom stereocenters. The van der Waals surface area contributed by atoms with Crippen LogP contribution in [0.1, 0.15) is 5.56 Å². The van der Waals surface area contributed by atoms with Gasteiger partial charge in [-0.15, -0.1) is 0 Å². The number of carbonyl (C=O) groups is 1. The smallest absolute Gasteiger partial charge is 0.326 e. The summed E-state index contributed by atoms with van der Waals surface area (Å²) in [4.78, 5) is 20.5. The van der Waals surface area contributed by atoms with Gasteiger partial charge < -0.3 is 10.4 Å². The van der Waals surface area contributed by atoms with Crippen LogP contribution in [0.15, 0.2) is 122 Å². The van der Waals surface area contributed by atoms with E-state index < -0.39 is 12.0 Å². The Labute approximate surface area is 210 Å². The summed E-state index contributed by atoms with van der Waals surface area (Å²) in [7, 11) is 0. The monoisotopic (exact) mass is 471 g/mol. The van der Waals surface area contributed by atoms with Crippen LogP contribution in [0.3, 0.4) is 0 Å². The molecule has 5 aromatic rings. The number of aliphatic carboxylic acids is 1. The Morgan fingerprint density at radius 2 is 1.25 bits per heavy atom. The Balaban J connectivity index is 1.34. The highest BCUT2D eigenvalue weighted by Gasteiger charge is 2.18. The zero-order chi connectivity index (χ0) is 24.7. The molecule has 1 aromatic heterocycles. The second kappa shape index (κ2) is 10.7. The van der Waals surface area contributed by atoms with Crippen molar-refractivity contribution in [1.29, 1.82) is 0 Å². The molecule has 0 fully saturated rings. The van der Waals surface area contributed by atoms with Gasteiger partial charge in [0.25, 0.3) is 0 Å². The molecule has 5 rings (SSSR count). The molecule has 0 amide bonds. The molecule has 0 aliphatic carbocycles. The van der Waals surface area contributed by atoms with E-state index in [9.17, 15) is 9.90 Å². The van der Waals surface area contributed by atoms with Crippen LogP contribution in [-0.2, 0) is 11.2 Å². The molecule has 36 heavy (non-hydrogen) atoms. The average molecular weight is 472 g/mol. The van der Waals surface area contributed by atoms with Crippen LogP contribution in [0.4, 0.5) is 5.82 Å². The first-order valence-corrected chi connectivity index (χ1v) is 11.8. The Morgan fingerprint density at radius 3 is 1.92 bits per heavy atom. The third-order valence-corrected chi connectivity index (χ3v) is 6.05. The number of aromatic nitrogens is 2. The van der Waals surface area contributed by atoms with Crippen molar-refractivity contribution in [3.63, 3.8) is 0 Å². The summed E-state index contributed by atoms with van der Waals surface area (Å²) in [6.45, 7) is 0. The second-order valence-electron chi connectivity index (χ2n) is 8.54. The fourth-order valence-electron chi connectivity index (χ4n) is 4.16. The molecular weight excluding hydrogens is 446 g/mol. The van der Waals surface area contributed by atoms with E-state index in [0.717, 1.165) is 27.9 Å². The zero-order valence-corrected chi connectivity index (χ0v) is 19.6. The van der Waals surface area contributed by atoms with Crippen molar-refractivity contribution < 1.29 is 9.90 Å². The van der Waals surface area contributed by atoms with Crippen molar-refractivity contribution in [2.24, 2.45) is 0 Å². The van der Waals surface area contributed by atoms with Gasteiger partial charge in [0.2, 0.25) is 0 Å². The van der Waals surface area contributed by atoms with Gasteiger partial charge in [-0.2, -0.15) is 0 Å².